The summed E-state index contributed by atoms with van der Waals surface area (Å²) in [5.41, 5.74) is 6.39. The van der Waals surface area contributed by atoms with Crippen molar-refractivity contribution in [3.05, 3.63) is 76.1 Å². The molecule has 0 aliphatic rings. The highest BCUT2D eigenvalue weighted by Gasteiger charge is 2.33. The van der Waals surface area contributed by atoms with Gasteiger partial charge in [-0.15, -0.1) is 0 Å². The molecule has 218 valence electrons. The van der Waals surface area contributed by atoms with Crippen molar-refractivity contribution >= 4 is 27.6 Å². The number of nitrogen functional groups attached to an aromatic ring is 1. The zero-order chi connectivity index (χ0) is 30.5. The topological polar surface area (TPSA) is 122 Å². The molecule has 13 heteroatoms. The van der Waals surface area contributed by atoms with Crippen molar-refractivity contribution in [1.82, 2.24) is 19.2 Å². The van der Waals surface area contributed by atoms with Crippen molar-refractivity contribution in [3.63, 3.8) is 0 Å². The number of carbonyl (C=O) groups excluding carboxylic acids is 1. The molecule has 0 aliphatic carbocycles. The number of anilines is 2. The third-order valence-electron chi connectivity index (χ3n) is 6.15. The fourth-order valence-corrected chi connectivity index (χ4v) is 5.09. The highest BCUT2D eigenvalue weighted by Crippen LogP contribution is 2.34. The zero-order valence-electron chi connectivity index (χ0n) is 23.3. The molecule has 0 aliphatic heterocycles. The van der Waals surface area contributed by atoms with Crippen molar-refractivity contribution in [2.45, 2.75) is 31.3 Å². The molecule has 3 aromatic rings. The van der Waals surface area contributed by atoms with Crippen LogP contribution in [0.25, 0.3) is 0 Å². The van der Waals surface area contributed by atoms with Crippen LogP contribution in [-0.2, 0) is 16.2 Å². The molecule has 0 saturated heterocycles. The van der Waals surface area contributed by atoms with Gasteiger partial charge in [0.05, 0.1) is 22.5 Å². The summed E-state index contributed by atoms with van der Waals surface area (Å²) in [6.07, 6.45) is -2.78. The van der Waals surface area contributed by atoms with Crippen LogP contribution in [0.15, 0.2) is 47.5 Å². The molecule has 2 aromatic carbocycles. The van der Waals surface area contributed by atoms with Gasteiger partial charge in [-0.3, -0.25) is 4.79 Å². The molecule has 0 spiro atoms. The first-order valence-electron chi connectivity index (χ1n) is 12.4. The van der Waals surface area contributed by atoms with E-state index in [2.05, 4.69) is 27.1 Å². The number of sulfonamides is 1. The number of hydrogen-bond donors (Lipinski definition) is 2. The van der Waals surface area contributed by atoms with Crippen LogP contribution in [0.3, 0.4) is 0 Å². The molecule has 3 rings (SSSR count). The van der Waals surface area contributed by atoms with Gasteiger partial charge in [0.1, 0.15) is 4.90 Å². The minimum absolute atomic E-state index is 0.0743. The van der Waals surface area contributed by atoms with Crippen LogP contribution in [0.1, 0.15) is 44.7 Å². The Morgan fingerprint density at radius 3 is 2.34 bits per heavy atom. The minimum atomic E-state index is -4.75. The van der Waals surface area contributed by atoms with Crippen molar-refractivity contribution in [1.29, 1.82) is 0 Å². The van der Waals surface area contributed by atoms with Crippen LogP contribution in [0.4, 0.5) is 24.8 Å². The van der Waals surface area contributed by atoms with Gasteiger partial charge in [0, 0.05) is 30.9 Å². The summed E-state index contributed by atoms with van der Waals surface area (Å²) in [6, 6.07) is 6.74. The first-order valence-corrected chi connectivity index (χ1v) is 13.9. The molecule has 0 atom stereocenters. The van der Waals surface area contributed by atoms with Gasteiger partial charge in [0.25, 0.3) is 5.91 Å². The molecule has 0 bridgehead atoms. The largest absolute Gasteiger partial charge is 0.416 e. The monoisotopic (exact) mass is 588 g/mol. The standard InChI is InChI=1S/C28H31F3N6O3S/c1-18-7-8-21(15-20(18)9-10-22-17-33-27(32)34-19(22)2)26(38)35-24-16-23(28(29,30)31)11-12-25(24)41(39,40)37(5)14-6-13-36(3)4/h7-8,11-12,15-17H,6,13-14H2,1-5H3,(H,35,38)(H2,32,33,34). The zero-order valence-corrected chi connectivity index (χ0v) is 24.1. The molecule has 1 aromatic heterocycles. The lowest BCUT2D eigenvalue weighted by molar-refractivity contribution is -0.137. The Morgan fingerprint density at radius 2 is 1.71 bits per heavy atom. The Bertz CT molecular complexity index is 1610. The second-order valence-corrected chi connectivity index (χ2v) is 11.7. The Morgan fingerprint density at radius 1 is 1.02 bits per heavy atom. The summed E-state index contributed by atoms with van der Waals surface area (Å²) >= 11 is 0. The molecule has 1 heterocycles. The Labute approximate surface area is 237 Å². The van der Waals surface area contributed by atoms with Gasteiger partial charge in [-0.1, -0.05) is 17.9 Å². The summed E-state index contributed by atoms with van der Waals surface area (Å²) in [4.78, 5) is 22.6. The maximum atomic E-state index is 13.5. The van der Waals surface area contributed by atoms with E-state index >= 15 is 0 Å². The van der Waals surface area contributed by atoms with E-state index in [4.69, 9.17) is 5.73 Å². The fraction of sp³-hybridized carbons (Fsp3) is 0.321. The van der Waals surface area contributed by atoms with Gasteiger partial charge < -0.3 is 16.0 Å². The lowest BCUT2D eigenvalue weighted by Gasteiger charge is -2.21. The van der Waals surface area contributed by atoms with Crippen LogP contribution in [0.5, 0.6) is 0 Å². The second-order valence-electron chi connectivity index (χ2n) is 9.65. The Balaban J connectivity index is 1.97. The number of aromatic nitrogens is 2. The summed E-state index contributed by atoms with van der Waals surface area (Å²) in [5.74, 6) is 5.19. The quantitative estimate of drug-likeness (QED) is 0.383. The molecular formula is C28H31F3N6O3S. The molecule has 0 unspecified atom stereocenters. The number of rotatable bonds is 8. The summed E-state index contributed by atoms with van der Waals surface area (Å²) in [7, 11) is 0.792. The van der Waals surface area contributed by atoms with E-state index in [-0.39, 0.29) is 18.1 Å². The van der Waals surface area contributed by atoms with E-state index in [1.807, 2.05) is 19.0 Å². The molecule has 0 fully saturated rings. The number of benzene rings is 2. The number of hydrogen-bond acceptors (Lipinski definition) is 7. The summed E-state index contributed by atoms with van der Waals surface area (Å²) in [5, 5.41) is 2.38. The van der Waals surface area contributed by atoms with E-state index in [1.165, 1.54) is 25.4 Å². The van der Waals surface area contributed by atoms with Crippen LogP contribution in [0, 0.1) is 25.7 Å². The van der Waals surface area contributed by atoms with Crippen LogP contribution in [0.2, 0.25) is 0 Å². The molecule has 9 nitrogen and oxygen atoms in total. The summed E-state index contributed by atoms with van der Waals surface area (Å²) < 4.78 is 68.3. The molecule has 41 heavy (non-hydrogen) atoms. The van der Waals surface area contributed by atoms with E-state index in [0.717, 1.165) is 15.9 Å². The molecular weight excluding hydrogens is 557 g/mol. The van der Waals surface area contributed by atoms with Gasteiger partial charge in [-0.25, -0.2) is 22.7 Å². The maximum Gasteiger partial charge on any atom is 0.416 e. The Kier molecular flexibility index (Phi) is 9.75. The third-order valence-corrected chi connectivity index (χ3v) is 8.07. The highest BCUT2D eigenvalue weighted by atomic mass is 32.2. The molecule has 0 saturated carbocycles. The van der Waals surface area contributed by atoms with Gasteiger partial charge in [-0.05, 0) is 76.8 Å². The van der Waals surface area contributed by atoms with Crippen molar-refractivity contribution in [3.8, 4) is 11.8 Å². The summed E-state index contributed by atoms with van der Waals surface area (Å²) in [6.45, 7) is 4.24. The van der Waals surface area contributed by atoms with E-state index in [0.29, 0.717) is 41.9 Å². The third kappa shape index (κ3) is 8.03. The number of alkyl halides is 3. The average Bonchev–Trinajstić information content (AvgIpc) is 2.88. The van der Waals surface area contributed by atoms with Crippen molar-refractivity contribution < 1.29 is 26.4 Å². The van der Waals surface area contributed by atoms with Crippen molar-refractivity contribution in [2.75, 3.05) is 45.3 Å². The van der Waals surface area contributed by atoms with Crippen molar-refractivity contribution in [2.24, 2.45) is 0 Å². The number of halogens is 3. The lowest BCUT2D eigenvalue weighted by atomic mass is 10.0. The van der Waals surface area contributed by atoms with Crippen LogP contribution < -0.4 is 11.1 Å². The number of nitrogens with zero attached hydrogens (tertiary/aromatic N) is 4. The lowest BCUT2D eigenvalue weighted by Crippen LogP contribution is -2.31. The first-order chi connectivity index (χ1) is 19.1. The number of amides is 1. The molecule has 1 amide bonds. The van der Waals surface area contributed by atoms with Gasteiger partial charge >= 0.3 is 6.18 Å². The smallest absolute Gasteiger partial charge is 0.368 e. The van der Waals surface area contributed by atoms with Crippen LogP contribution in [-0.4, -0.2) is 67.7 Å². The normalized spacial score (nSPS) is 11.9. The van der Waals surface area contributed by atoms with Gasteiger partial charge in [0.15, 0.2) is 0 Å². The number of nitrogens with one attached hydrogen (secondary N) is 1. The van der Waals surface area contributed by atoms with Gasteiger partial charge in [0.2, 0.25) is 16.0 Å². The minimum Gasteiger partial charge on any atom is -0.368 e. The highest BCUT2D eigenvalue weighted by molar-refractivity contribution is 7.89. The predicted molar refractivity (Wildman–Crippen MR) is 151 cm³/mol. The maximum absolute atomic E-state index is 13.5. The molecule has 3 N–H and O–H groups in total. The number of nitrogens with two attached hydrogens (primary N) is 1. The average molecular weight is 589 g/mol. The van der Waals surface area contributed by atoms with E-state index in [9.17, 15) is 26.4 Å². The predicted octanol–water partition coefficient (Wildman–Crippen LogP) is 3.92. The first kappa shape index (κ1) is 31.5. The Hall–Kier alpha value is -3.99. The van der Waals surface area contributed by atoms with E-state index < -0.39 is 38.3 Å². The van der Waals surface area contributed by atoms with E-state index in [1.54, 1.807) is 19.9 Å². The SMILES string of the molecule is Cc1ccc(C(=O)Nc2cc(C(F)(F)F)ccc2S(=O)(=O)N(C)CCCN(C)C)cc1C#Cc1cnc(N)nc1C. The molecule has 0 radical (unpaired) electrons. The number of aryl methyl sites for hydroxylation is 2. The number of carbonyl (C=O) groups is 1. The van der Waals surface area contributed by atoms with Crippen LogP contribution >= 0.6 is 0 Å². The second kappa shape index (κ2) is 12.7. The fourth-order valence-electron chi connectivity index (χ4n) is 3.76. The van der Waals surface area contributed by atoms with Gasteiger partial charge in [-0.2, -0.15) is 13.2 Å².